The van der Waals surface area contributed by atoms with E-state index in [0.717, 1.165) is 50.4 Å². The van der Waals surface area contributed by atoms with Gasteiger partial charge in [-0.05, 0) is 33.1 Å². The quantitative estimate of drug-likeness (QED) is 0.842. The van der Waals surface area contributed by atoms with E-state index >= 15 is 0 Å². The van der Waals surface area contributed by atoms with E-state index in [4.69, 9.17) is 4.74 Å². The predicted octanol–water partition coefficient (Wildman–Crippen LogP) is 1.74. The van der Waals surface area contributed by atoms with Crippen LogP contribution in [0.25, 0.3) is 0 Å². The van der Waals surface area contributed by atoms with Crippen molar-refractivity contribution in [2.75, 3.05) is 31.6 Å². The molecular formula is C18H26N4O2. The number of methoxy groups -OCH3 is 1. The van der Waals surface area contributed by atoms with E-state index in [-0.39, 0.29) is 16.9 Å². The first-order chi connectivity index (χ1) is 11.5. The summed E-state index contributed by atoms with van der Waals surface area (Å²) in [6, 6.07) is 0.385. The van der Waals surface area contributed by atoms with Gasteiger partial charge in [0.15, 0.2) is 5.82 Å². The number of amides is 1. The summed E-state index contributed by atoms with van der Waals surface area (Å²) in [5.74, 6) is 1.21. The molecule has 0 aromatic carbocycles. The molecule has 2 fully saturated rings. The molecule has 0 unspecified atom stereocenters. The Morgan fingerprint density at radius 1 is 1.25 bits per heavy atom. The van der Waals surface area contributed by atoms with Gasteiger partial charge in [0, 0.05) is 45.2 Å². The van der Waals surface area contributed by atoms with Crippen LogP contribution in [-0.2, 0) is 14.9 Å². The molecule has 1 saturated carbocycles. The van der Waals surface area contributed by atoms with Crippen molar-refractivity contribution in [1.29, 1.82) is 0 Å². The molecular weight excluding hydrogens is 304 g/mol. The highest BCUT2D eigenvalue weighted by Gasteiger charge is 2.55. The van der Waals surface area contributed by atoms with Gasteiger partial charge in [0.05, 0.1) is 23.1 Å². The summed E-state index contributed by atoms with van der Waals surface area (Å²) in [6.07, 6.45) is 7.21. The molecule has 1 aliphatic carbocycles. The van der Waals surface area contributed by atoms with Crippen molar-refractivity contribution in [2.45, 2.75) is 56.6 Å². The molecule has 6 nitrogen and oxygen atoms in total. The highest BCUT2D eigenvalue weighted by molar-refractivity contribution is 5.79. The smallest absolute Gasteiger partial charge is 0.225 e. The predicted molar refractivity (Wildman–Crippen MR) is 91.0 cm³/mol. The number of fused-ring (bicyclic) bond motifs is 2. The van der Waals surface area contributed by atoms with Crippen LogP contribution < -0.4 is 4.90 Å². The van der Waals surface area contributed by atoms with Crippen LogP contribution in [0, 0.1) is 0 Å². The van der Waals surface area contributed by atoms with Crippen LogP contribution in [0.5, 0.6) is 0 Å². The average Bonchev–Trinajstić information content (AvgIpc) is 2.85. The number of carbonyl (C=O) groups is 1. The Bertz CT molecular complexity index is 645. The molecule has 1 amide bonds. The molecule has 0 bridgehead atoms. The van der Waals surface area contributed by atoms with Gasteiger partial charge < -0.3 is 14.5 Å². The van der Waals surface area contributed by atoms with Crippen molar-refractivity contribution < 1.29 is 9.53 Å². The van der Waals surface area contributed by atoms with Crippen LogP contribution in [0.1, 0.15) is 45.2 Å². The Morgan fingerprint density at radius 3 is 2.54 bits per heavy atom. The molecule has 130 valence electrons. The fraction of sp³-hybridized carbons (Fsp3) is 0.722. The first-order valence-corrected chi connectivity index (χ1v) is 8.90. The third-order valence-electron chi connectivity index (χ3n) is 6.06. The SMILES string of the molecule is COC1(CC(=O)N2CC3(C2)CN(C(C)C)c2nccnc23)CCC1. The molecule has 0 N–H and O–H groups in total. The summed E-state index contributed by atoms with van der Waals surface area (Å²) in [6.45, 7) is 6.76. The second kappa shape index (κ2) is 5.41. The fourth-order valence-electron chi connectivity index (χ4n) is 4.34. The molecule has 2 aliphatic heterocycles. The van der Waals surface area contributed by atoms with Crippen LogP contribution in [0.15, 0.2) is 12.4 Å². The number of ether oxygens (including phenoxy) is 1. The van der Waals surface area contributed by atoms with E-state index in [9.17, 15) is 4.79 Å². The largest absolute Gasteiger partial charge is 0.378 e. The maximum Gasteiger partial charge on any atom is 0.225 e. The van der Waals surface area contributed by atoms with Gasteiger partial charge in [-0.15, -0.1) is 0 Å². The Morgan fingerprint density at radius 2 is 1.96 bits per heavy atom. The molecule has 0 atom stereocenters. The standard InChI is InChI=1S/C18H26N4O2/c1-13(2)22-12-17(15-16(22)20-8-7-19-15)10-21(11-17)14(23)9-18(24-3)5-4-6-18/h7-8,13H,4-6,9-12H2,1-3H3. The van der Waals surface area contributed by atoms with Crippen molar-refractivity contribution in [3.8, 4) is 0 Å². The molecule has 1 aromatic rings. The summed E-state index contributed by atoms with van der Waals surface area (Å²) >= 11 is 0. The highest BCUT2D eigenvalue weighted by atomic mass is 16.5. The van der Waals surface area contributed by atoms with Crippen LogP contribution in [0.3, 0.4) is 0 Å². The maximum atomic E-state index is 12.7. The topological polar surface area (TPSA) is 58.6 Å². The molecule has 3 aliphatic rings. The van der Waals surface area contributed by atoms with E-state index < -0.39 is 0 Å². The van der Waals surface area contributed by atoms with Crippen molar-refractivity contribution in [3.05, 3.63) is 18.1 Å². The lowest BCUT2D eigenvalue weighted by Crippen LogP contribution is -2.64. The molecule has 1 saturated heterocycles. The van der Waals surface area contributed by atoms with Gasteiger partial charge >= 0.3 is 0 Å². The van der Waals surface area contributed by atoms with Crippen molar-refractivity contribution in [3.63, 3.8) is 0 Å². The molecule has 4 rings (SSSR count). The number of anilines is 1. The Kier molecular flexibility index (Phi) is 3.56. The first-order valence-electron chi connectivity index (χ1n) is 8.90. The zero-order chi connectivity index (χ0) is 16.9. The minimum absolute atomic E-state index is 0.0383. The van der Waals surface area contributed by atoms with Crippen LogP contribution in [-0.4, -0.2) is 59.2 Å². The lowest BCUT2D eigenvalue weighted by atomic mass is 9.75. The molecule has 6 heteroatoms. The number of hydrogen-bond donors (Lipinski definition) is 0. The van der Waals surface area contributed by atoms with Crippen LogP contribution in [0.2, 0.25) is 0 Å². The van der Waals surface area contributed by atoms with Crippen molar-refractivity contribution in [2.24, 2.45) is 0 Å². The van der Waals surface area contributed by atoms with Gasteiger partial charge in [0.1, 0.15) is 0 Å². The monoisotopic (exact) mass is 330 g/mol. The van der Waals surface area contributed by atoms with E-state index in [2.05, 4.69) is 28.7 Å². The number of carbonyl (C=O) groups excluding carboxylic acids is 1. The van der Waals surface area contributed by atoms with Crippen LogP contribution in [0.4, 0.5) is 5.82 Å². The second-order valence-corrected chi connectivity index (χ2v) is 7.90. The van der Waals surface area contributed by atoms with Gasteiger partial charge in [-0.1, -0.05) is 0 Å². The number of aromatic nitrogens is 2. The maximum absolute atomic E-state index is 12.7. The van der Waals surface area contributed by atoms with Crippen molar-refractivity contribution >= 4 is 11.7 Å². The molecule has 1 aromatic heterocycles. The second-order valence-electron chi connectivity index (χ2n) is 7.90. The number of rotatable bonds is 4. The molecule has 1 spiro atoms. The fourth-order valence-corrected chi connectivity index (χ4v) is 4.34. The van der Waals surface area contributed by atoms with E-state index in [1.165, 1.54) is 0 Å². The van der Waals surface area contributed by atoms with E-state index in [1.54, 1.807) is 19.5 Å². The molecule has 0 radical (unpaired) electrons. The third-order valence-corrected chi connectivity index (χ3v) is 6.06. The summed E-state index contributed by atoms with van der Waals surface area (Å²) in [4.78, 5) is 26.1. The van der Waals surface area contributed by atoms with Gasteiger partial charge in [0.2, 0.25) is 5.91 Å². The Labute approximate surface area is 143 Å². The minimum Gasteiger partial charge on any atom is -0.378 e. The average molecular weight is 330 g/mol. The number of hydrogen-bond acceptors (Lipinski definition) is 5. The van der Waals surface area contributed by atoms with E-state index in [1.807, 2.05) is 4.90 Å². The lowest BCUT2D eigenvalue weighted by Gasteiger charge is -2.49. The van der Waals surface area contributed by atoms with Crippen LogP contribution >= 0.6 is 0 Å². The highest BCUT2D eigenvalue weighted by Crippen LogP contribution is 2.46. The Balaban J connectivity index is 1.47. The summed E-state index contributed by atoms with van der Waals surface area (Å²) in [7, 11) is 1.73. The molecule has 3 heterocycles. The molecule has 24 heavy (non-hydrogen) atoms. The minimum atomic E-state index is -0.197. The number of likely N-dealkylation sites (tertiary alicyclic amines) is 1. The summed E-state index contributed by atoms with van der Waals surface area (Å²) < 4.78 is 5.61. The summed E-state index contributed by atoms with van der Waals surface area (Å²) in [5.41, 5.74) is 0.827. The van der Waals surface area contributed by atoms with Gasteiger partial charge in [-0.25, -0.2) is 4.98 Å². The van der Waals surface area contributed by atoms with Gasteiger partial charge in [-0.3, -0.25) is 9.78 Å². The zero-order valence-corrected chi connectivity index (χ0v) is 14.8. The van der Waals surface area contributed by atoms with Crippen molar-refractivity contribution in [1.82, 2.24) is 14.9 Å². The number of nitrogens with zero attached hydrogens (tertiary/aromatic N) is 4. The third kappa shape index (κ3) is 2.23. The van der Waals surface area contributed by atoms with E-state index in [0.29, 0.717) is 12.5 Å². The van der Waals surface area contributed by atoms with Gasteiger partial charge in [0.25, 0.3) is 0 Å². The normalized spacial score (nSPS) is 23.2. The summed E-state index contributed by atoms with van der Waals surface area (Å²) in [5, 5.41) is 0. The lowest BCUT2D eigenvalue weighted by molar-refractivity contribution is -0.151. The van der Waals surface area contributed by atoms with Gasteiger partial charge in [-0.2, -0.15) is 0 Å². The zero-order valence-electron chi connectivity index (χ0n) is 14.8. The first kappa shape index (κ1) is 15.8. The Hall–Kier alpha value is -1.69.